The molecule has 0 heterocycles. The molecular formula is C76H149N2O6P. The number of unbranched alkanes of at least 4 members (excludes halogenated alkanes) is 54. The molecule has 504 valence electrons. The van der Waals surface area contributed by atoms with Crippen LogP contribution in [0.2, 0.25) is 0 Å². The van der Waals surface area contributed by atoms with E-state index in [0.29, 0.717) is 17.4 Å². The Morgan fingerprint density at radius 2 is 0.659 bits per heavy atom. The van der Waals surface area contributed by atoms with Crippen molar-refractivity contribution in [2.75, 3.05) is 40.9 Å². The van der Waals surface area contributed by atoms with E-state index in [0.717, 1.165) is 38.5 Å². The smallest absolute Gasteiger partial charge is 0.268 e. The number of allylic oxidation sites excluding steroid dienone is 5. The molecule has 0 spiro atoms. The number of amides is 1. The van der Waals surface area contributed by atoms with Crippen LogP contribution in [0.3, 0.4) is 0 Å². The number of phosphoric ester groups is 1. The first-order valence-electron chi connectivity index (χ1n) is 37.9. The van der Waals surface area contributed by atoms with E-state index in [1.54, 1.807) is 6.08 Å². The highest BCUT2D eigenvalue weighted by atomic mass is 31.2. The van der Waals surface area contributed by atoms with E-state index in [9.17, 15) is 19.4 Å². The van der Waals surface area contributed by atoms with Crippen LogP contribution in [0.1, 0.15) is 393 Å². The lowest BCUT2D eigenvalue weighted by atomic mass is 10.0. The summed E-state index contributed by atoms with van der Waals surface area (Å²) in [5, 5.41) is 14.0. The fraction of sp³-hybridized carbons (Fsp3) is 0.908. The molecule has 0 aliphatic rings. The maximum Gasteiger partial charge on any atom is 0.268 e. The fourth-order valence-electron chi connectivity index (χ4n) is 11.7. The average molecular weight is 1220 g/mol. The predicted molar refractivity (Wildman–Crippen MR) is 372 cm³/mol. The predicted octanol–water partition coefficient (Wildman–Crippen LogP) is 23.8. The molecule has 0 radical (unpaired) electrons. The summed E-state index contributed by atoms with van der Waals surface area (Å²) in [6.07, 6.45) is 90.2. The minimum Gasteiger partial charge on any atom is -0.756 e. The van der Waals surface area contributed by atoms with Crippen LogP contribution in [-0.2, 0) is 18.4 Å². The Labute approximate surface area is 531 Å². The summed E-state index contributed by atoms with van der Waals surface area (Å²) in [6, 6.07) is -0.903. The van der Waals surface area contributed by atoms with Gasteiger partial charge in [0.25, 0.3) is 7.82 Å². The second kappa shape index (κ2) is 67.1. The van der Waals surface area contributed by atoms with E-state index >= 15 is 0 Å². The molecular weight excluding hydrogens is 1070 g/mol. The highest BCUT2D eigenvalue weighted by Crippen LogP contribution is 2.38. The third-order valence-corrected chi connectivity index (χ3v) is 18.5. The van der Waals surface area contributed by atoms with Crippen LogP contribution in [0.4, 0.5) is 0 Å². The van der Waals surface area contributed by atoms with Crippen LogP contribution in [0.15, 0.2) is 36.5 Å². The molecule has 2 N–H and O–H groups in total. The van der Waals surface area contributed by atoms with Crippen molar-refractivity contribution in [2.24, 2.45) is 0 Å². The molecule has 0 saturated heterocycles. The van der Waals surface area contributed by atoms with E-state index in [2.05, 4.69) is 43.5 Å². The SMILES string of the molecule is CCCCCCCCCC/C=C\CCCCCCCCCCCCCCCCCCCCCCCCCC(=O)NC(COP(=O)([O-])OCC[N+](C)(C)C)C(O)/C=C/CC/C=C/CCCCCCCCCCCCCCCCCCCCCCCC. The zero-order valence-electron chi connectivity index (χ0n) is 57.8. The number of nitrogens with zero attached hydrogens (tertiary/aromatic N) is 1. The number of carbonyl (C=O) groups excluding carboxylic acids is 1. The van der Waals surface area contributed by atoms with Gasteiger partial charge in [-0.05, 0) is 57.8 Å². The van der Waals surface area contributed by atoms with Crippen molar-refractivity contribution in [3.63, 3.8) is 0 Å². The first-order chi connectivity index (χ1) is 41.5. The molecule has 85 heavy (non-hydrogen) atoms. The number of aliphatic hydroxyl groups is 1. The summed E-state index contributed by atoms with van der Waals surface area (Å²) in [7, 11) is 1.26. The molecule has 0 fully saturated rings. The van der Waals surface area contributed by atoms with E-state index in [4.69, 9.17) is 9.05 Å². The minimum absolute atomic E-state index is 0.00415. The number of aliphatic hydroxyl groups excluding tert-OH is 1. The lowest BCUT2D eigenvalue weighted by molar-refractivity contribution is -0.870. The quantitative estimate of drug-likeness (QED) is 0.0272. The highest BCUT2D eigenvalue weighted by molar-refractivity contribution is 7.45. The van der Waals surface area contributed by atoms with Gasteiger partial charge in [0, 0.05) is 6.42 Å². The van der Waals surface area contributed by atoms with Crippen molar-refractivity contribution in [1.29, 1.82) is 0 Å². The molecule has 0 aliphatic carbocycles. The Morgan fingerprint density at radius 1 is 0.400 bits per heavy atom. The van der Waals surface area contributed by atoms with E-state index in [-0.39, 0.29) is 19.1 Å². The minimum atomic E-state index is -4.61. The Hall–Kier alpha value is -1.28. The van der Waals surface area contributed by atoms with Gasteiger partial charge in [-0.25, -0.2) is 0 Å². The normalized spacial score (nSPS) is 13.7. The number of phosphoric acid groups is 1. The van der Waals surface area contributed by atoms with Gasteiger partial charge < -0.3 is 28.8 Å². The van der Waals surface area contributed by atoms with Gasteiger partial charge in [-0.3, -0.25) is 9.36 Å². The Kier molecular flexibility index (Phi) is 66.1. The number of quaternary nitrogens is 1. The number of hydrogen-bond donors (Lipinski definition) is 2. The van der Waals surface area contributed by atoms with Gasteiger partial charge in [-0.2, -0.15) is 0 Å². The lowest BCUT2D eigenvalue weighted by Gasteiger charge is -2.29. The van der Waals surface area contributed by atoms with Crippen LogP contribution in [-0.4, -0.2) is 68.5 Å². The number of carbonyl (C=O) groups is 1. The second-order valence-corrected chi connectivity index (χ2v) is 28.8. The van der Waals surface area contributed by atoms with Gasteiger partial charge in [0.15, 0.2) is 0 Å². The lowest BCUT2D eigenvalue weighted by Crippen LogP contribution is -2.45. The van der Waals surface area contributed by atoms with Gasteiger partial charge in [0.05, 0.1) is 39.9 Å². The molecule has 0 saturated carbocycles. The largest absolute Gasteiger partial charge is 0.756 e. The molecule has 1 amide bonds. The van der Waals surface area contributed by atoms with Crippen LogP contribution in [0, 0.1) is 0 Å². The van der Waals surface area contributed by atoms with Gasteiger partial charge in [0.1, 0.15) is 13.2 Å². The molecule has 0 aromatic rings. The van der Waals surface area contributed by atoms with E-state index in [1.807, 2.05) is 27.2 Å². The number of hydrogen-bond acceptors (Lipinski definition) is 6. The van der Waals surface area contributed by atoms with E-state index in [1.165, 1.54) is 334 Å². The maximum absolute atomic E-state index is 13.1. The summed E-state index contributed by atoms with van der Waals surface area (Å²) in [5.41, 5.74) is 0. The number of rotatable bonds is 71. The number of likely N-dealkylation sites (N-methyl/N-ethyl adjacent to an activating group) is 1. The molecule has 0 aromatic carbocycles. The third kappa shape index (κ3) is 70.0. The highest BCUT2D eigenvalue weighted by Gasteiger charge is 2.23. The molecule has 0 bridgehead atoms. The maximum atomic E-state index is 13.1. The van der Waals surface area contributed by atoms with Crippen LogP contribution in [0.25, 0.3) is 0 Å². The summed E-state index contributed by atoms with van der Waals surface area (Å²) in [6.45, 7) is 4.69. The Morgan fingerprint density at radius 3 is 0.953 bits per heavy atom. The van der Waals surface area contributed by atoms with Gasteiger partial charge in [-0.15, -0.1) is 0 Å². The molecule has 3 atom stereocenters. The van der Waals surface area contributed by atoms with Crippen molar-refractivity contribution in [3.05, 3.63) is 36.5 Å². The summed E-state index contributed by atoms with van der Waals surface area (Å²) in [4.78, 5) is 25.7. The molecule has 0 aliphatic heterocycles. The zero-order valence-corrected chi connectivity index (χ0v) is 58.7. The molecule has 0 aromatic heterocycles. The molecule has 9 heteroatoms. The topological polar surface area (TPSA) is 108 Å². The van der Waals surface area contributed by atoms with Gasteiger partial charge >= 0.3 is 0 Å². The second-order valence-electron chi connectivity index (χ2n) is 27.4. The average Bonchev–Trinajstić information content (AvgIpc) is 3.48. The Bertz CT molecular complexity index is 1480. The molecule has 0 rings (SSSR count). The van der Waals surface area contributed by atoms with Crippen molar-refractivity contribution < 1.29 is 32.9 Å². The Balaban J connectivity index is 4.00. The van der Waals surface area contributed by atoms with E-state index < -0.39 is 20.0 Å². The first kappa shape index (κ1) is 83.7. The monoisotopic (exact) mass is 1220 g/mol. The summed E-state index contributed by atoms with van der Waals surface area (Å²) >= 11 is 0. The zero-order chi connectivity index (χ0) is 61.9. The number of nitrogens with one attached hydrogen (secondary N) is 1. The van der Waals surface area contributed by atoms with Crippen molar-refractivity contribution in [2.45, 2.75) is 405 Å². The molecule has 3 unspecified atom stereocenters. The first-order valence-corrected chi connectivity index (χ1v) is 39.3. The third-order valence-electron chi connectivity index (χ3n) is 17.6. The van der Waals surface area contributed by atoms with Crippen LogP contribution in [0.5, 0.6) is 0 Å². The molecule has 8 nitrogen and oxygen atoms in total. The van der Waals surface area contributed by atoms with Crippen molar-refractivity contribution >= 4 is 13.7 Å². The standard InChI is InChI=1S/C76H149N2O6P/c1-6-8-10-12-14-16-18-20-22-24-26-28-30-32-34-36-37-38-39-40-41-42-44-46-48-50-52-54-56-58-60-62-64-66-68-70-76(80)77-74(73-84-85(81,82)83-72-71-78(3,4)5)75(79)69-67-65-63-61-59-57-55-53-51-49-47-45-43-35-33-31-29-27-25-23-21-19-17-15-13-11-9-7-2/h24,26,59,61,67,69,74-75,79H,6-23,25,27-58,60,62-66,68,70-73H2,1-5H3,(H-,77,80,81,82)/b26-24-,61-59+,69-67+. The van der Waals surface area contributed by atoms with Crippen LogP contribution >= 0.6 is 7.82 Å². The fourth-order valence-corrected chi connectivity index (χ4v) is 12.4. The van der Waals surface area contributed by atoms with Gasteiger partial charge in [-0.1, -0.05) is 365 Å². The van der Waals surface area contributed by atoms with Gasteiger partial charge in [0.2, 0.25) is 5.91 Å². The van der Waals surface area contributed by atoms with Crippen LogP contribution < -0.4 is 10.2 Å². The summed E-state index contributed by atoms with van der Waals surface area (Å²) < 4.78 is 23.5. The van der Waals surface area contributed by atoms with Crippen molar-refractivity contribution in [3.8, 4) is 0 Å². The summed E-state index contributed by atoms with van der Waals surface area (Å²) in [5.74, 6) is -0.198. The van der Waals surface area contributed by atoms with Crippen molar-refractivity contribution in [1.82, 2.24) is 5.32 Å².